The summed E-state index contributed by atoms with van der Waals surface area (Å²) in [6.07, 6.45) is 0. The lowest BCUT2D eigenvalue weighted by atomic mass is 9.99. The fourth-order valence-electron chi connectivity index (χ4n) is 1.80. The first kappa shape index (κ1) is 13.3. The third-order valence-corrected chi connectivity index (χ3v) is 2.84. The van der Waals surface area contributed by atoms with Gasteiger partial charge in [-0.2, -0.15) is 5.10 Å². The monoisotopic (exact) mass is 239 g/mol. The zero-order chi connectivity index (χ0) is 13.3. The average Bonchev–Trinajstić information content (AvgIpc) is 2.54. The highest BCUT2D eigenvalue weighted by Crippen LogP contribution is 2.33. The molecule has 6 nitrogen and oxygen atoms in total. The minimum absolute atomic E-state index is 0.0230. The molecule has 0 bridgehead atoms. The van der Waals surface area contributed by atoms with Gasteiger partial charge in [0.05, 0.1) is 10.8 Å². The number of nitrogens with zero attached hydrogens (tertiary/aromatic N) is 3. The molecule has 0 amide bonds. The van der Waals surface area contributed by atoms with Crippen LogP contribution in [0.2, 0.25) is 0 Å². The van der Waals surface area contributed by atoms with Crippen LogP contribution in [0.25, 0.3) is 0 Å². The highest BCUT2D eigenvalue weighted by atomic mass is 16.6. The van der Waals surface area contributed by atoms with E-state index >= 15 is 0 Å². The molecule has 1 aromatic rings. The second-order valence-electron chi connectivity index (χ2n) is 4.49. The van der Waals surface area contributed by atoms with Gasteiger partial charge in [-0.05, 0) is 13.8 Å². The highest BCUT2D eigenvalue weighted by Gasteiger charge is 2.32. The minimum atomic E-state index is -0.514. The number of carbonyl (C=O) groups excluding carboxylic acids is 1. The maximum atomic E-state index is 11.4. The number of carbonyl (C=O) groups is 1. The molecule has 0 spiro atoms. The van der Waals surface area contributed by atoms with E-state index in [0.717, 1.165) is 0 Å². The third-order valence-electron chi connectivity index (χ3n) is 2.84. The van der Waals surface area contributed by atoms with Gasteiger partial charge in [0.1, 0.15) is 17.2 Å². The molecule has 17 heavy (non-hydrogen) atoms. The Kier molecular flexibility index (Phi) is 3.65. The number of Topliss-reactive ketones (excluding diaryl/α,β-unsaturated/α-hetero) is 1. The van der Waals surface area contributed by atoms with Gasteiger partial charge >= 0.3 is 5.69 Å². The van der Waals surface area contributed by atoms with Crippen molar-refractivity contribution >= 4 is 11.5 Å². The Bertz CT molecular complexity index is 463. The van der Waals surface area contributed by atoms with E-state index in [0.29, 0.717) is 11.4 Å². The summed E-state index contributed by atoms with van der Waals surface area (Å²) in [4.78, 5) is 22.1. The Balaban J connectivity index is 3.48. The summed E-state index contributed by atoms with van der Waals surface area (Å²) in [5.74, 6) is -0.665. The Morgan fingerprint density at radius 3 is 2.29 bits per heavy atom. The Morgan fingerprint density at radius 2 is 1.94 bits per heavy atom. The van der Waals surface area contributed by atoms with Crippen molar-refractivity contribution in [3.8, 4) is 0 Å². The summed E-state index contributed by atoms with van der Waals surface area (Å²) in [6, 6.07) is 0. The SMILES string of the molecule is CC(=O)C(C)c1c([N+](=O)[O-])c(C(C)C)nn1C. The first-order valence-electron chi connectivity index (χ1n) is 5.49. The smallest absolute Gasteiger partial charge is 0.299 e. The van der Waals surface area contributed by atoms with Crippen LogP contribution < -0.4 is 0 Å². The van der Waals surface area contributed by atoms with E-state index in [2.05, 4.69) is 5.10 Å². The number of aryl methyl sites for hydroxylation is 1. The van der Waals surface area contributed by atoms with Crippen molar-refractivity contribution in [2.24, 2.45) is 7.05 Å². The summed E-state index contributed by atoms with van der Waals surface area (Å²) in [6.45, 7) is 6.78. The molecule has 1 atom stereocenters. The summed E-state index contributed by atoms with van der Waals surface area (Å²) in [5, 5.41) is 15.3. The molecule has 0 aliphatic rings. The molecule has 0 aromatic carbocycles. The molecule has 0 aliphatic heterocycles. The van der Waals surface area contributed by atoms with Crippen molar-refractivity contribution in [3.63, 3.8) is 0 Å². The van der Waals surface area contributed by atoms with Crippen LogP contribution in [-0.2, 0) is 11.8 Å². The Morgan fingerprint density at radius 1 is 1.41 bits per heavy atom. The number of nitro groups is 1. The molecule has 0 aliphatic carbocycles. The fraction of sp³-hybridized carbons (Fsp3) is 0.636. The lowest BCUT2D eigenvalue weighted by Gasteiger charge is -2.07. The van der Waals surface area contributed by atoms with Crippen LogP contribution in [0.1, 0.15) is 50.9 Å². The normalized spacial score (nSPS) is 12.8. The topological polar surface area (TPSA) is 78.0 Å². The summed E-state index contributed by atoms with van der Waals surface area (Å²) in [7, 11) is 1.63. The molecule has 0 radical (unpaired) electrons. The molecule has 1 rings (SSSR count). The Hall–Kier alpha value is -1.72. The number of ketones is 1. The van der Waals surface area contributed by atoms with E-state index < -0.39 is 10.8 Å². The van der Waals surface area contributed by atoms with Crippen LogP contribution in [0, 0.1) is 10.1 Å². The molecule has 1 aromatic heterocycles. The van der Waals surface area contributed by atoms with Crippen LogP contribution in [0.3, 0.4) is 0 Å². The maximum absolute atomic E-state index is 11.4. The molecule has 0 saturated carbocycles. The van der Waals surface area contributed by atoms with Gasteiger partial charge in [0.2, 0.25) is 0 Å². The van der Waals surface area contributed by atoms with Crippen molar-refractivity contribution in [1.82, 2.24) is 9.78 Å². The molecule has 1 unspecified atom stereocenters. The van der Waals surface area contributed by atoms with Gasteiger partial charge in [-0.15, -0.1) is 0 Å². The number of hydrogen-bond acceptors (Lipinski definition) is 4. The van der Waals surface area contributed by atoms with Crippen LogP contribution >= 0.6 is 0 Å². The van der Waals surface area contributed by atoms with E-state index in [1.165, 1.54) is 11.6 Å². The van der Waals surface area contributed by atoms with E-state index in [9.17, 15) is 14.9 Å². The van der Waals surface area contributed by atoms with Gasteiger partial charge in [-0.25, -0.2) is 0 Å². The second-order valence-corrected chi connectivity index (χ2v) is 4.49. The predicted octanol–water partition coefficient (Wildman–Crippen LogP) is 2.14. The van der Waals surface area contributed by atoms with Crippen molar-refractivity contribution in [2.75, 3.05) is 0 Å². The standard InChI is InChI=1S/C11H17N3O3/c1-6(2)9-11(14(16)17)10(13(5)12-9)7(3)8(4)15/h6-7H,1-5H3. The van der Waals surface area contributed by atoms with Crippen LogP contribution in [0.5, 0.6) is 0 Å². The quantitative estimate of drug-likeness (QED) is 0.595. The van der Waals surface area contributed by atoms with Gasteiger partial charge in [-0.3, -0.25) is 19.6 Å². The summed E-state index contributed by atoms with van der Waals surface area (Å²) in [5.41, 5.74) is 0.789. The number of hydrogen-bond donors (Lipinski definition) is 0. The second kappa shape index (κ2) is 4.65. The van der Waals surface area contributed by atoms with E-state index in [1.54, 1.807) is 14.0 Å². The number of rotatable bonds is 4. The lowest BCUT2D eigenvalue weighted by molar-refractivity contribution is -0.386. The average molecular weight is 239 g/mol. The molecule has 0 fully saturated rings. The molecule has 94 valence electrons. The molecule has 6 heteroatoms. The minimum Gasteiger partial charge on any atom is -0.299 e. The predicted molar refractivity (Wildman–Crippen MR) is 63.0 cm³/mol. The van der Waals surface area contributed by atoms with Crippen LogP contribution in [0.4, 0.5) is 5.69 Å². The zero-order valence-corrected chi connectivity index (χ0v) is 10.7. The molecule has 0 N–H and O–H groups in total. The fourth-order valence-corrected chi connectivity index (χ4v) is 1.80. The van der Waals surface area contributed by atoms with Gasteiger partial charge in [0, 0.05) is 13.0 Å². The first-order valence-corrected chi connectivity index (χ1v) is 5.49. The van der Waals surface area contributed by atoms with Crippen molar-refractivity contribution < 1.29 is 9.72 Å². The zero-order valence-electron chi connectivity index (χ0n) is 10.7. The van der Waals surface area contributed by atoms with Gasteiger partial charge in [-0.1, -0.05) is 13.8 Å². The Labute approximate surface area is 99.8 Å². The van der Waals surface area contributed by atoms with Crippen molar-refractivity contribution in [3.05, 3.63) is 21.5 Å². The van der Waals surface area contributed by atoms with Gasteiger partial charge < -0.3 is 0 Å². The molecule has 1 heterocycles. The highest BCUT2D eigenvalue weighted by molar-refractivity contribution is 5.83. The largest absolute Gasteiger partial charge is 0.314 e. The third kappa shape index (κ3) is 2.35. The van der Waals surface area contributed by atoms with Crippen LogP contribution in [-0.4, -0.2) is 20.5 Å². The lowest BCUT2D eigenvalue weighted by Crippen LogP contribution is -2.11. The first-order chi connectivity index (χ1) is 7.77. The van der Waals surface area contributed by atoms with Gasteiger partial charge in [0.25, 0.3) is 0 Å². The molecular weight excluding hydrogens is 222 g/mol. The van der Waals surface area contributed by atoms with Crippen LogP contribution in [0.15, 0.2) is 0 Å². The molecular formula is C11H17N3O3. The van der Waals surface area contributed by atoms with Crippen molar-refractivity contribution in [1.29, 1.82) is 0 Å². The summed E-state index contributed by atoms with van der Waals surface area (Å²) >= 11 is 0. The van der Waals surface area contributed by atoms with E-state index in [4.69, 9.17) is 0 Å². The maximum Gasteiger partial charge on any atom is 0.314 e. The van der Waals surface area contributed by atoms with Gasteiger partial charge in [0.15, 0.2) is 0 Å². The van der Waals surface area contributed by atoms with Crippen molar-refractivity contribution in [2.45, 2.75) is 39.5 Å². The van der Waals surface area contributed by atoms with E-state index in [-0.39, 0.29) is 17.4 Å². The number of aromatic nitrogens is 2. The molecule has 0 saturated heterocycles. The van der Waals surface area contributed by atoms with E-state index in [1.807, 2.05) is 13.8 Å². The summed E-state index contributed by atoms with van der Waals surface area (Å²) < 4.78 is 1.44.